The fourth-order valence-corrected chi connectivity index (χ4v) is 6.89. The molecule has 0 aliphatic carbocycles. The summed E-state index contributed by atoms with van der Waals surface area (Å²) in [7, 11) is 9.34. The van der Waals surface area contributed by atoms with E-state index in [1.807, 2.05) is 92.8 Å². The Morgan fingerprint density at radius 2 is 1.44 bits per heavy atom. The summed E-state index contributed by atoms with van der Waals surface area (Å²) in [5.41, 5.74) is 3.43. The lowest BCUT2D eigenvalue weighted by Gasteiger charge is -2.37. The van der Waals surface area contributed by atoms with Gasteiger partial charge in [-0.15, -0.1) is 0 Å². The predicted octanol–water partition coefficient (Wildman–Crippen LogP) is 4.86. The molecule has 0 spiro atoms. The second-order valence-corrected chi connectivity index (χ2v) is 13.3. The molecular formula is C40H49N5O3. The molecule has 3 atom stereocenters. The number of likely N-dealkylation sites (N-methyl/N-ethyl adjacent to an activating group) is 3. The third-order valence-corrected chi connectivity index (χ3v) is 9.48. The number of fused-ring (bicyclic) bond motifs is 1. The van der Waals surface area contributed by atoms with Gasteiger partial charge in [0, 0.05) is 58.2 Å². The third kappa shape index (κ3) is 8.30. The van der Waals surface area contributed by atoms with E-state index in [0.717, 1.165) is 46.8 Å². The Labute approximate surface area is 285 Å². The van der Waals surface area contributed by atoms with E-state index < -0.39 is 12.1 Å². The third-order valence-electron chi connectivity index (χ3n) is 9.48. The minimum atomic E-state index is -0.834. The molecule has 0 bridgehead atoms. The molecule has 8 nitrogen and oxygen atoms in total. The maximum atomic E-state index is 14.8. The summed E-state index contributed by atoms with van der Waals surface area (Å²) in [4.78, 5) is 50.6. The molecule has 1 fully saturated rings. The van der Waals surface area contributed by atoms with Gasteiger partial charge in [0.05, 0.1) is 0 Å². The van der Waals surface area contributed by atoms with Crippen LogP contribution >= 0.6 is 0 Å². The minimum Gasteiger partial charge on any atom is -0.337 e. The average molecular weight is 648 g/mol. The van der Waals surface area contributed by atoms with Crippen molar-refractivity contribution >= 4 is 28.5 Å². The highest BCUT2D eigenvalue weighted by molar-refractivity contribution is 5.98. The van der Waals surface area contributed by atoms with E-state index in [1.54, 1.807) is 30.0 Å². The number of carbonyl (C=O) groups excluding carboxylic acids is 3. The molecule has 0 saturated carbocycles. The largest absolute Gasteiger partial charge is 0.337 e. The van der Waals surface area contributed by atoms with Gasteiger partial charge in [0.25, 0.3) is 5.91 Å². The van der Waals surface area contributed by atoms with E-state index in [2.05, 4.69) is 34.5 Å². The molecule has 5 rings (SSSR count). The highest BCUT2D eigenvalue weighted by Crippen LogP contribution is 2.24. The molecular weight excluding hydrogens is 598 g/mol. The van der Waals surface area contributed by atoms with Crippen molar-refractivity contribution in [2.24, 2.45) is 0 Å². The summed E-state index contributed by atoms with van der Waals surface area (Å²) in [6, 6.07) is 30.2. The summed E-state index contributed by atoms with van der Waals surface area (Å²) in [6.07, 6.45) is 2.58. The molecule has 1 aliphatic heterocycles. The van der Waals surface area contributed by atoms with Crippen LogP contribution in [0.25, 0.3) is 10.8 Å². The maximum absolute atomic E-state index is 14.8. The Hall–Kier alpha value is -4.53. The molecule has 8 heteroatoms. The van der Waals surface area contributed by atoms with Gasteiger partial charge >= 0.3 is 0 Å². The van der Waals surface area contributed by atoms with Crippen molar-refractivity contribution in [3.63, 3.8) is 0 Å². The highest BCUT2D eigenvalue weighted by Gasteiger charge is 2.39. The van der Waals surface area contributed by atoms with Gasteiger partial charge < -0.3 is 24.9 Å². The maximum Gasteiger partial charge on any atom is 0.254 e. The monoisotopic (exact) mass is 647 g/mol. The number of hydrogen-bond donors (Lipinski definition) is 1. The normalized spacial score (nSPS) is 15.8. The van der Waals surface area contributed by atoms with Crippen molar-refractivity contribution in [2.75, 3.05) is 48.3 Å². The fraction of sp³-hybridized carbons (Fsp3) is 0.375. The first-order valence-electron chi connectivity index (χ1n) is 16.9. The molecule has 4 aromatic carbocycles. The number of amides is 3. The predicted molar refractivity (Wildman–Crippen MR) is 193 cm³/mol. The molecule has 48 heavy (non-hydrogen) atoms. The second kappa shape index (κ2) is 16.0. The summed E-state index contributed by atoms with van der Waals surface area (Å²) in [6.45, 7) is 2.07. The van der Waals surface area contributed by atoms with Gasteiger partial charge in [0.2, 0.25) is 11.8 Å². The number of benzene rings is 4. The zero-order valence-corrected chi connectivity index (χ0v) is 28.9. The summed E-state index contributed by atoms with van der Waals surface area (Å²) >= 11 is 0. The number of nitrogens with zero attached hydrogens (tertiary/aromatic N) is 4. The van der Waals surface area contributed by atoms with E-state index in [-0.39, 0.29) is 23.8 Å². The molecule has 1 N–H and O–H groups in total. The van der Waals surface area contributed by atoms with Crippen LogP contribution in [0.3, 0.4) is 0 Å². The van der Waals surface area contributed by atoms with Crippen molar-refractivity contribution in [2.45, 2.75) is 50.4 Å². The zero-order chi connectivity index (χ0) is 34.2. The topological polar surface area (TPSA) is 76.2 Å². The molecule has 0 aromatic heterocycles. The Morgan fingerprint density at radius 1 is 0.750 bits per heavy atom. The van der Waals surface area contributed by atoms with Crippen LogP contribution in [0.15, 0.2) is 97.1 Å². The highest BCUT2D eigenvalue weighted by atomic mass is 16.2. The van der Waals surface area contributed by atoms with Crippen LogP contribution in [0.1, 0.15) is 39.9 Å². The van der Waals surface area contributed by atoms with Crippen LogP contribution in [0.5, 0.6) is 0 Å². The van der Waals surface area contributed by atoms with Crippen molar-refractivity contribution in [1.82, 2.24) is 24.9 Å². The summed E-state index contributed by atoms with van der Waals surface area (Å²) < 4.78 is 0. The Morgan fingerprint density at radius 3 is 2.17 bits per heavy atom. The van der Waals surface area contributed by atoms with Crippen molar-refractivity contribution < 1.29 is 14.4 Å². The Balaban J connectivity index is 1.50. The van der Waals surface area contributed by atoms with Gasteiger partial charge in [-0.1, -0.05) is 84.9 Å². The van der Waals surface area contributed by atoms with Crippen LogP contribution in [0.2, 0.25) is 0 Å². The average Bonchev–Trinajstić information content (AvgIpc) is 3.56. The number of likely N-dealkylation sites (tertiary alicyclic amines) is 1. The number of hydrogen-bond acceptors (Lipinski definition) is 5. The second-order valence-electron chi connectivity index (χ2n) is 13.3. The van der Waals surface area contributed by atoms with Crippen LogP contribution < -0.4 is 5.32 Å². The number of carbonyl (C=O) groups is 3. The first kappa shape index (κ1) is 34.8. The molecule has 3 amide bonds. The number of rotatable bonds is 13. The molecule has 252 valence electrons. The first-order chi connectivity index (χ1) is 23.2. The molecule has 0 unspecified atom stereocenters. The lowest BCUT2D eigenvalue weighted by Crippen LogP contribution is -2.57. The van der Waals surface area contributed by atoms with Gasteiger partial charge in [-0.2, -0.15) is 0 Å². The standard InChI is InChI=1S/C40H49N5O3/c1-41-27-31-15-11-18-34(24-31)38(46)43(4)36(26-30-20-21-32-16-9-10-17-33(32)23-30)39(47)44(5)37(25-29-13-7-6-8-14-29)40(48)45-22-12-19-35(45)28-42(2)3/h6-11,13-18,20-21,23-24,35-37,41H,12,19,22,25-28H2,1-5H3/t35-,36+,37+/m0/s1. The molecule has 0 radical (unpaired) electrons. The van der Waals surface area contributed by atoms with Crippen molar-refractivity contribution in [1.29, 1.82) is 0 Å². The summed E-state index contributed by atoms with van der Waals surface area (Å²) in [5, 5.41) is 5.32. The smallest absolute Gasteiger partial charge is 0.254 e. The van der Waals surface area contributed by atoms with Crippen LogP contribution in [-0.4, -0.2) is 104 Å². The van der Waals surface area contributed by atoms with Gasteiger partial charge in [0.1, 0.15) is 12.1 Å². The number of nitrogens with one attached hydrogen (secondary N) is 1. The molecule has 4 aromatic rings. The summed E-state index contributed by atoms with van der Waals surface area (Å²) in [5.74, 6) is -0.544. The van der Waals surface area contributed by atoms with Gasteiger partial charge in [-0.25, -0.2) is 0 Å². The fourth-order valence-electron chi connectivity index (χ4n) is 6.89. The SMILES string of the molecule is CNCc1cccc(C(=O)N(C)[C@H](Cc2ccc3ccccc3c2)C(=O)N(C)[C@H](Cc2ccccc2)C(=O)N2CCC[C@H]2CN(C)C)c1. The first-order valence-corrected chi connectivity index (χ1v) is 16.9. The van der Waals surface area contributed by atoms with Gasteiger partial charge in [0.15, 0.2) is 0 Å². The Kier molecular flexibility index (Phi) is 11.6. The van der Waals surface area contributed by atoms with Crippen LogP contribution in [0.4, 0.5) is 0 Å². The van der Waals surface area contributed by atoms with Crippen molar-refractivity contribution in [3.05, 3.63) is 119 Å². The molecule has 1 heterocycles. The molecule has 1 aliphatic rings. The quantitative estimate of drug-likeness (QED) is 0.224. The van der Waals surface area contributed by atoms with Gasteiger partial charge in [-0.3, -0.25) is 14.4 Å². The van der Waals surface area contributed by atoms with Crippen LogP contribution in [0, 0.1) is 0 Å². The van der Waals surface area contributed by atoms with Crippen molar-refractivity contribution in [3.8, 4) is 0 Å². The van der Waals surface area contributed by atoms with Crippen LogP contribution in [-0.2, 0) is 29.0 Å². The zero-order valence-electron chi connectivity index (χ0n) is 28.9. The van der Waals surface area contributed by atoms with E-state index >= 15 is 0 Å². The van der Waals surface area contributed by atoms with Gasteiger partial charge in [-0.05, 0) is 73.6 Å². The molecule has 1 saturated heterocycles. The van der Waals surface area contributed by atoms with E-state index in [4.69, 9.17) is 0 Å². The minimum absolute atomic E-state index is 0.0442. The van der Waals surface area contributed by atoms with E-state index in [1.165, 1.54) is 0 Å². The van der Waals surface area contributed by atoms with E-state index in [0.29, 0.717) is 31.5 Å². The lowest BCUT2D eigenvalue weighted by molar-refractivity contribution is -0.147. The lowest BCUT2D eigenvalue weighted by atomic mass is 9.97. The Bertz CT molecular complexity index is 1710. The van der Waals surface area contributed by atoms with E-state index in [9.17, 15) is 14.4 Å².